The second-order valence-corrected chi connectivity index (χ2v) is 11.4. The maximum Gasteiger partial charge on any atom is 0.238 e. The molecule has 1 N–H and O–H groups in total. The van der Waals surface area contributed by atoms with Crippen LogP contribution in [0.25, 0.3) is 0 Å². The quantitative estimate of drug-likeness (QED) is 0.638. The lowest BCUT2D eigenvalue weighted by Crippen LogP contribution is -2.39. The topological polar surface area (TPSA) is 97.4 Å². The van der Waals surface area contributed by atoms with E-state index in [-0.39, 0.29) is 22.1 Å². The molecule has 0 radical (unpaired) electrons. The van der Waals surface area contributed by atoms with Crippen LogP contribution in [0.15, 0.2) is 62.8 Å². The van der Waals surface area contributed by atoms with Crippen LogP contribution in [0.4, 0.5) is 0 Å². The summed E-state index contributed by atoms with van der Waals surface area (Å²) in [6.45, 7) is 1.06. The van der Waals surface area contributed by atoms with Gasteiger partial charge in [0.15, 0.2) is 19.7 Å². The minimum atomic E-state index is -3.90. The van der Waals surface area contributed by atoms with Crippen LogP contribution in [0.1, 0.15) is 6.92 Å². The molecule has 2 aromatic carbocycles. The molecule has 10 heteroatoms. The molecule has 6 nitrogen and oxygen atoms in total. The lowest BCUT2D eigenvalue weighted by molar-refractivity contribution is -0.120. The van der Waals surface area contributed by atoms with Crippen molar-refractivity contribution in [1.82, 2.24) is 5.32 Å². The van der Waals surface area contributed by atoms with Crippen LogP contribution in [-0.4, -0.2) is 40.3 Å². The molecule has 1 amide bonds. The molecular formula is C17H17BrClNO5S2. The molecule has 0 fully saturated rings. The fourth-order valence-electron chi connectivity index (χ4n) is 2.18. The fraction of sp³-hybridized carbons (Fsp3) is 0.235. The van der Waals surface area contributed by atoms with Crippen LogP contribution in [0.5, 0.6) is 0 Å². The first-order valence-corrected chi connectivity index (χ1v) is 12.2. The molecule has 0 bridgehead atoms. The van der Waals surface area contributed by atoms with Crippen molar-refractivity contribution < 1.29 is 21.6 Å². The van der Waals surface area contributed by atoms with Crippen molar-refractivity contribution >= 4 is 53.1 Å². The summed E-state index contributed by atoms with van der Waals surface area (Å²) in [6.07, 6.45) is 0. The molecule has 1 atom stereocenters. The van der Waals surface area contributed by atoms with Gasteiger partial charge in [0.1, 0.15) is 5.25 Å². The zero-order valence-corrected chi connectivity index (χ0v) is 18.2. The van der Waals surface area contributed by atoms with Gasteiger partial charge in [-0.15, -0.1) is 0 Å². The third-order valence-electron chi connectivity index (χ3n) is 3.82. The van der Waals surface area contributed by atoms with Crippen LogP contribution in [-0.2, 0) is 24.5 Å². The Morgan fingerprint density at radius 1 is 1.00 bits per heavy atom. The fourth-order valence-corrected chi connectivity index (χ4v) is 5.02. The van der Waals surface area contributed by atoms with Crippen LogP contribution < -0.4 is 5.32 Å². The Labute approximate surface area is 171 Å². The maximum atomic E-state index is 12.5. The zero-order valence-electron chi connectivity index (χ0n) is 14.2. The number of sulfone groups is 2. The van der Waals surface area contributed by atoms with Crippen molar-refractivity contribution in [2.45, 2.75) is 22.0 Å². The lowest BCUT2D eigenvalue weighted by Gasteiger charge is -2.13. The largest absolute Gasteiger partial charge is 0.354 e. The van der Waals surface area contributed by atoms with Gasteiger partial charge >= 0.3 is 0 Å². The van der Waals surface area contributed by atoms with Crippen LogP contribution in [0.2, 0.25) is 5.02 Å². The SMILES string of the molecule is C[C@@H](C(=O)NCCS(=O)(=O)c1ccc(Br)cc1)S(=O)(=O)c1ccc(Cl)cc1. The van der Waals surface area contributed by atoms with Crippen molar-refractivity contribution in [3.63, 3.8) is 0 Å². The molecule has 0 aromatic heterocycles. The molecule has 27 heavy (non-hydrogen) atoms. The molecule has 0 saturated heterocycles. The summed E-state index contributed by atoms with van der Waals surface area (Å²) < 4.78 is 50.2. The van der Waals surface area contributed by atoms with Gasteiger partial charge in [-0.1, -0.05) is 27.5 Å². The summed E-state index contributed by atoms with van der Waals surface area (Å²) in [5, 5.41) is 1.39. The van der Waals surface area contributed by atoms with Gasteiger partial charge in [0.05, 0.1) is 15.5 Å². The normalized spacial score (nSPS) is 13.1. The highest BCUT2D eigenvalue weighted by Crippen LogP contribution is 2.19. The first kappa shape index (κ1) is 21.9. The van der Waals surface area contributed by atoms with E-state index in [0.717, 1.165) is 4.47 Å². The Kier molecular flexibility index (Phi) is 7.07. The Morgan fingerprint density at radius 2 is 1.52 bits per heavy atom. The Hall–Kier alpha value is -1.42. The molecule has 0 heterocycles. The number of benzene rings is 2. The number of halogens is 2. The smallest absolute Gasteiger partial charge is 0.238 e. The maximum absolute atomic E-state index is 12.5. The summed E-state index contributed by atoms with van der Waals surface area (Å²) in [4.78, 5) is 12.3. The van der Waals surface area contributed by atoms with E-state index in [0.29, 0.717) is 5.02 Å². The van der Waals surface area contributed by atoms with E-state index in [1.54, 1.807) is 12.1 Å². The van der Waals surface area contributed by atoms with E-state index in [1.807, 2.05) is 0 Å². The third kappa shape index (κ3) is 5.54. The van der Waals surface area contributed by atoms with Crippen LogP contribution in [0, 0.1) is 0 Å². The standard InChI is InChI=1S/C17H17BrClNO5S2/c1-12(27(24,25)16-8-4-14(19)5-9-16)17(21)20-10-11-26(22,23)15-6-2-13(18)3-7-15/h2-9,12H,10-11H2,1H3,(H,20,21)/t12-/m0/s1. The first-order chi connectivity index (χ1) is 12.5. The second-order valence-electron chi connectivity index (χ2n) is 5.70. The van der Waals surface area contributed by atoms with Crippen molar-refractivity contribution in [1.29, 1.82) is 0 Å². The predicted molar refractivity (Wildman–Crippen MR) is 107 cm³/mol. The molecule has 0 saturated carbocycles. The number of amides is 1. The number of hydrogen-bond acceptors (Lipinski definition) is 5. The van der Waals surface area contributed by atoms with Gasteiger partial charge in [0.25, 0.3) is 0 Å². The average Bonchev–Trinajstić information content (AvgIpc) is 2.61. The highest BCUT2D eigenvalue weighted by Gasteiger charge is 2.29. The molecule has 146 valence electrons. The molecule has 2 aromatic rings. The Morgan fingerprint density at radius 3 is 2.07 bits per heavy atom. The van der Waals surface area contributed by atoms with E-state index in [9.17, 15) is 21.6 Å². The highest BCUT2D eigenvalue weighted by atomic mass is 79.9. The van der Waals surface area contributed by atoms with E-state index < -0.39 is 30.8 Å². The van der Waals surface area contributed by atoms with E-state index >= 15 is 0 Å². The molecule has 0 aliphatic rings. The van der Waals surface area contributed by atoms with E-state index in [2.05, 4.69) is 21.2 Å². The van der Waals surface area contributed by atoms with Crippen LogP contribution in [0.3, 0.4) is 0 Å². The van der Waals surface area contributed by atoms with Gasteiger partial charge in [-0.2, -0.15) is 0 Å². The molecule has 0 spiro atoms. The lowest BCUT2D eigenvalue weighted by atomic mass is 10.4. The van der Waals surface area contributed by atoms with Crippen molar-refractivity contribution in [2.24, 2.45) is 0 Å². The van der Waals surface area contributed by atoms with E-state index in [1.165, 1.54) is 43.3 Å². The van der Waals surface area contributed by atoms with Gasteiger partial charge in [-0.25, -0.2) is 16.8 Å². The second kappa shape index (κ2) is 8.72. The molecular weight excluding hydrogens is 478 g/mol. The van der Waals surface area contributed by atoms with Gasteiger partial charge in [-0.05, 0) is 55.5 Å². The summed E-state index contributed by atoms with van der Waals surface area (Å²) >= 11 is 8.97. The van der Waals surface area contributed by atoms with Gasteiger partial charge < -0.3 is 5.32 Å². The number of nitrogens with one attached hydrogen (secondary N) is 1. The molecule has 0 unspecified atom stereocenters. The van der Waals surface area contributed by atoms with Gasteiger partial charge in [0, 0.05) is 16.0 Å². The summed E-state index contributed by atoms with van der Waals surface area (Å²) in [5.74, 6) is -1.11. The third-order valence-corrected chi connectivity index (χ3v) is 8.41. The molecule has 0 aliphatic heterocycles. The first-order valence-electron chi connectivity index (χ1n) is 7.79. The number of carbonyl (C=O) groups excluding carboxylic acids is 1. The molecule has 0 aliphatic carbocycles. The minimum absolute atomic E-state index is 0.0305. The minimum Gasteiger partial charge on any atom is -0.354 e. The van der Waals surface area contributed by atoms with Gasteiger partial charge in [-0.3, -0.25) is 4.79 Å². The monoisotopic (exact) mass is 493 g/mol. The average molecular weight is 495 g/mol. The van der Waals surface area contributed by atoms with Crippen molar-refractivity contribution in [3.05, 3.63) is 58.0 Å². The Balaban J connectivity index is 2.00. The summed E-state index contributed by atoms with van der Waals surface area (Å²) in [5.41, 5.74) is 0. The predicted octanol–water partition coefficient (Wildman–Crippen LogP) is 2.85. The zero-order chi connectivity index (χ0) is 20.2. The van der Waals surface area contributed by atoms with Crippen molar-refractivity contribution in [2.75, 3.05) is 12.3 Å². The van der Waals surface area contributed by atoms with E-state index in [4.69, 9.17) is 11.6 Å². The van der Waals surface area contributed by atoms with Crippen LogP contribution >= 0.6 is 27.5 Å². The highest BCUT2D eigenvalue weighted by molar-refractivity contribution is 9.10. The molecule has 2 rings (SSSR count). The summed E-state index contributed by atoms with van der Waals surface area (Å²) in [7, 11) is -7.49. The number of hydrogen-bond donors (Lipinski definition) is 1. The van der Waals surface area contributed by atoms with Crippen molar-refractivity contribution in [3.8, 4) is 0 Å². The number of rotatable bonds is 7. The number of carbonyl (C=O) groups is 1. The Bertz CT molecular complexity index is 1020. The van der Waals surface area contributed by atoms with Gasteiger partial charge in [0.2, 0.25) is 5.91 Å². The summed E-state index contributed by atoms with van der Waals surface area (Å²) in [6, 6.07) is 11.6.